The van der Waals surface area contributed by atoms with E-state index < -0.39 is 0 Å². The van der Waals surface area contributed by atoms with Gasteiger partial charge in [-0.1, -0.05) is 43.9 Å². The third-order valence-corrected chi connectivity index (χ3v) is 5.69. The number of unbranched alkanes of at least 4 members (excludes halogenated alkanes) is 1. The first-order valence-corrected chi connectivity index (χ1v) is 9.84. The molecule has 0 saturated heterocycles. The molecule has 0 unspecified atom stereocenters. The van der Waals surface area contributed by atoms with Gasteiger partial charge in [-0.05, 0) is 35.1 Å². The SMILES string of the molecule is CCCCc1nnc(NC(=O)CC2(Cn3cnnn3)CCCCC2)s1. The zero-order valence-electron chi connectivity index (χ0n) is 14.6. The fraction of sp³-hybridized carbons (Fsp3) is 0.750. The first-order chi connectivity index (χ1) is 12.2. The Labute approximate surface area is 151 Å². The molecule has 2 heterocycles. The zero-order valence-corrected chi connectivity index (χ0v) is 15.5. The van der Waals surface area contributed by atoms with E-state index in [0.29, 0.717) is 18.1 Å². The minimum atomic E-state index is -0.0760. The molecule has 1 aliphatic rings. The lowest BCUT2D eigenvalue weighted by atomic mass is 9.71. The van der Waals surface area contributed by atoms with Gasteiger partial charge in [0.05, 0.1) is 6.54 Å². The van der Waals surface area contributed by atoms with Crippen molar-refractivity contribution in [1.29, 1.82) is 0 Å². The van der Waals surface area contributed by atoms with E-state index in [4.69, 9.17) is 0 Å². The van der Waals surface area contributed by atoms with E-state index in [9.17, 15) is 4.79 Å². The number of amides is 1. The molecule has 1 aliphatic carbocycles. The zero-order chi connectivity index (χ0) is 17.5. The molecular formula is C16H25N7OS. The summed E-state index contributed by atoms with van der Waals surface area (Å²) in [5, 5.41) is 24.2. The lowest BCUT2D eigenvalue weighted by Crippen LogP contribution is -2.34. The molecule has 25 heavy (non-hydrogen) atoms. The summed E-state index contributed by atoms with van der Waals surface area (Å²) in [6.07, 6.45) is 10.8. The molecule has 0 spiro atoms. The van der Waals surface area contributed by atoms with Crippen molar-refractivity contribution in [3.63, 3.8) is 0 Å². The van der Waals surface area contributed by atoms with Crippen LogP contribution in [0.3, 0.4) is 0 Å². The second-order valence-electron chi connectivity index (χ2n) is 6.90. The van der Waals surface area contributed by atoms with Crippen LogP contribution in [-0.2, 0) is 17.8 Å². The summed E-state index contributed by atoms with van der Waals surface area (Å²) >= 11 is 1.48. The second kappa shape index (κ2) is 8.46. The Balaban J connectivity index is 1.61. The Hall–Kier alpha value is -1.90. The fourth-order valence-electron chi connectivity index (χ4n) is 3.53. The molecular weight excluding hydrogens is 338 g/mol. The standard InChI is InChI=1S/C16H25N7OS/c1-2-3-7-14-19-20-15(25-14)18-13(24)10-16(8-5-4-6-9-16)11-23-12-17-21-22-23/h12H,2-11H2,1H3,(H,18,20,24). The predicted molar refractivity (Wildman–Crippen MR) is 95.1 cm³/mol. The van der Waals surface area contributed by atoms with Gasteiger partial charge in [0.1, 0.15) is 11.3 Å². The van der Waals surface area contributed by atoms with Gasteiger partial charge in [-0.25, -0.2) is 4.68 Å². The number of tetrazole rings is 1. The fourth-order valence-corrected chi connectivity index (χ4v) is 4.32. The van der Waals surface area contributed by atoms with Crippen LogP contribution >= 0.6 is 11.3 Å². The van der Waals surface area contributed by atoms with Gasteiger partial charge in [-0.3, -0.25) is 4.79 Å². The number of nitrogens with zero attached hydrogens (tertiary/aromatic N) is 6. The van der Waals surface area contributed by atoms with Crippen molar-refractivity contribution in [2.24, 2.45) is 5.41 Å². The summed E-state index contributed by atoms with van der Waals surface area (Å²) in [6.45, 7) is 2.84. The van der Waals surface area contributed by atoms with Crippen LogP contribution in [0.5, 0.6) is 0 Å². The lowest BCUT2D eigenvalue weighted by Gasteiger charge is -2.36. The van der Waals surface area contributed by atoms with Crippen molar-refractivity contribution in [3.8, 4) is 0 Å². The predicted octanol–water partition coefficient (Wildman–Crippen LogP) is 2.85. The van der Waals surface area contributed by atoms with Crippen LogP contribution in [0, 0.1) is 5.41 Å². The van der Waals surface area contributed by atoms with E-state index >= 15 is 0 Å². The van der Waals surface area contributed by atoms with E-state index in [0.717, 1.165) is 50.0 Å². The molecule has 1 amide bonds. The largest absolute Gasteiger partial charge is 0.301 e. The van der Waals surface area contributed by atoms with Crippen molar-refractivity contribution >= 4 is 22.4 Å². The Bertz CT molecular complexity index is 664. The molecule has 9 heteroatoms. The van der Waals surface area contributed by atoms with Gasteiger partial charge in [0.15, 0.2) is 0 Å². The minimum absolute atomic E-state index is 0.00756. The van der Waals surface area contributed by atoms with Crippen LogP contribution in [0.4, 0.5) is 5.13 Å². The van der Waals surface area contributed by atoms with Crippen molar-refractivity contribution in [2.45, 2.75) is 71.3 Å². The highest BCUT2D eigenvalue weighted by Crippen LogP contribution is 2.41. The summed E-state index contributed by atoms with van der Waals surface area (Å²) in [5.41, 5.74) is -0.0760. The number of aromatic nitrogens is 6. The van der Waals surface area contributed by atoms with Crippen molar-refractivity contribution in [1.82, 2.24) is 30.4 Å². The van der Waals surface area contributed by atoms with E-state index in [-0.39, 0.29) is 11.3 Å². The third kappa shape index (κ3) is 5.04. The molecule has 8 nitrogen and oxygen atoms in total. The number of rotatable bonds is 8. The molecule has 1 saturated carbocycles. The first kappa shape index (κ1) is 17.9. The van der Waals surface area contributed by atoms with E-state index in [1.165, 1.54) is 17.8 Å². The Kier molecular flexibility index (Phi) is 6.06. The van der Waals surface area contributed by atoms with Crippen molar-refractivity contribution in [2.75, 3.05) is 5.32 Å². The third-order valence-electron chi connectivity index (χ3n) is 4.80. The van der Waals surface area contributed by atoms with Crippen LogP contribution in [0.1, 0.15) is 63.3 Å². The molecule has 2 aromatic rings. The number of hydrogen-bond donors (Lipinski definition) is 1. The van der Waals surface area contributed by atoms with Crippen LogP contribution in [-0.4, -0.2) is 36.3 Å². The van der Waals surface area contributed by atoms with Crippen LogP contribution in [0.25, 0.3) is 0 Å². The summed E-state index contributed by atoms with van der Waals surface area (Å²) in [6, 6.07) is 0. The van der Waals surface area contributed by atoms with Gasteiger partial charge in [-0.15, -0.1) is 15.3 Å². The highest BCUT2D eigenvalue weighted by molar-refractivity contribution is 7.15. The van der Waals surface area contributed by atoms with Gasteiger partial charge in [0.25, 0.3) is 0 Å². The average Bonchev–Trinajstić information content (AvgIpc) is 3.25. The van der Waals surface area contributed by atoms with Crippen LogP contribution in [0.2, 0.25) is 0 Å². The van der Waals surface area contributed by atoms with Crippen LogP contribution in [0.15, 0.2) is 6.33 Å². The second-order valence-corrected chi connectivity index (χ2v) is 7.96. The summed E-state index contributed by atoms with van der Waals surface area (Å²) in [4.78, 5) is 12.6. The number of hydrogen-bond acceptors (Lipinski definition) is 7. The Morgan fingerprint density at radius 1 is 1.32 bits per heavy atom. The van der Waals surface area contributed by atoms with Gasteiger partial charge in [0.2, 0.25) is 11.0 Å². The minimum Gasteiger partial charge on any atom is -0.301 e. The number of carbonyl (C=O) groups is 1. The summed E-state index contributed by atoms with van der Waals surface area (Å²) < 4.78 is 1.74. The quantitative estimate of drug-likeness (QED) is 0.774. The number of aryl methyl sites for hydroxylation is 1. The van der Waals surface area contributed by atoms with Crippen molar-refractivity contribution in [3.05, 3.63) is 11.3 Å². The smallest absolute Gasteiger partial charge is 0.226 e. The average molecular weight is 363 g/mol. The molecule has 1 fully saturated rings. The molecule has 2 aromatic heterocycles. The number of nitrogens with one attached hydrogen (secondary N) is 1. The lowest BCUT2D eigenvalue weighted by molar-refractivity contribution is -0.119. The molecule has 0 aromatic carbocycles. The molecule has 1 N–H and O–H groups in total. The van der Waals surface area contributed by atoms with Crippen molar-refractivity contribution < 1.29 is 4.79 Å². The Morgan fingerprint density at radius 2 is 2.16 bits per heavy atom. The normalized spacial score (nSPS) is 16.7. The monoisotopic (exact) mass is 363 g/mol. The number of anilines is 1. The van der Waals surface area contributed by atoms with Crippen LogP contribution < -0.4 is 5.32 Å². The van der Waals surface area contributed by atoms with E-state index in [1.807, 2.05) is 0 Å². The van der Waals surface area contributed by atoms with Gasteiger partial charge < -0.3 is 5.32 Å². The van der Waals surface area contributed by atoms with E-state index in [1.54, 1.807) is 11.0 Å². The van der Waals surface area contributed by atoms with E-state index in [2.05, 4.69) is 38.0 Å². The topological polar surface area (TPSA) is 98.5 Å². The first-order valence-electron chi connectivity index (χ1n) is 9.02. The summed E-state index contributed by atoms with van der Waals surface area (Å²) in [5.74, 6) is 0.00756. The molecule has 0 aliphatic heterocycles. The maximum absolute atomic E-state index is 12.6. The maximum Gasteiger partial charge on any atom is 0.226 e. The highest BCUT2D eigenvalue weighted by Gasteiger charge is 2.35. The maximum atomic E-state index is 12.6. The highest BCUT2D eigenvalue weighted by atomic mass is 32.1. The Morgan fingerprint density at radius 3 is 2.88 bits per heavy atom. The number of carbonyl (C=O) groups excluding carboxylic acids is 1. The molecule has 0 atom stereocenters. The molecule has 136 valence electrons. The molecule has 0 radical (unpaired) electrons. The summed E-state index contributed by atoms with van der Waals surface area (Å²) in [7, 11) is 0. The molecule has 3 rings (SSSR count). The van der Waals surface area contributed by atoms with Gasteiger partial charge in [-0.2, -0.15) is 0 Å². The van der Waals surface area contributed by atoms with Gasteiger partial charge >= 0.3 is 0 Å². The molecule has 0 bridgehead atoms. The van der Waals surface area contributed by atoms with Gasteiger partial charge in [0, 0.05) is 12.8 Å².